The largest absolute Gasteiger partial charge is 0.292 e. The highest BCUT2D eigenvalue weighted by Crippen LogP contribution is 2.30. The maximum Gasteiger partial charge on any atom is 0.259 e. The van der Waals surface area contributed by atoms with Gasteiger partial charge in [0.15, 0.2) is 0 Å². The number of anilines is 1. The number of carbonyl (C=O) groups is 1. The molecule has 114 valence electrons. The van der Waals surface area contributed by atoms with Crippen molar-refractivity contribution >= 4 is 22.6 Å². The van der Waals surface area contributed by atoms with Crippen molar-refractivity contribution in [1.82, 2.24) is 4.98 Å². The van der Waals surface area contributed by atoms with Gasteiger partial charge in [0.2, 0.25) is 0 Å². The van der Waals surface area contributed by atoms with Crippen LogP contribution in [0.5, 0.6) is 0 Å². The Morgan fingerprint density at radius 3 is 2.52 bits per heavy atom. The fraction of sp³-hybridized carbons (Fsp3) is 0.200. The van der Waals surface area contributed by atoms with Gasteiger partial charge in [-0.15, -0.1) is 0 Å². The summed E-state index contributed by atoms with van der Waals surface area (Å²) >= 11 is 0. The molecule has 3 heteroatoms. The second kappa shape index (κ2) is 5.20. The minimum absolute atomic E-state index is 0.0303. The Morgan fingerprint density at radius 2 is 1.74 bits per heavy atom. The summed E-state index contributed by atoms with van der Waals surface area (Å²) in [6.07, 6.45) is 0.865. The second-order valence-electron chi connectivity index (χ2n) is 6.24. The van der Waals surface area contributed by atoms with Crippen LogP contribution in [-0.4, -0.2) is 17.4 Å². The van der Waals surface area contributed by atoms with Gasteiger partial charge in [-0.1, -0.05) is 29.3 Å². The first kappa shape index (κ1) is 13.9. The number of pyridine rings is 1. The van der Waals surface area contributed by atoms with E-state index in [2.05, 4.69) is 25.1 Å². The van der Waals surface area contributed by atoms with E-state index in [0.717, 1.165) is 34.3 Å². The van der Waals surface area contributed by atoms with E-state index >= 15 is 0 Å². The summed E-state index contributed by atoms with van der Waals surface area (Å²) in [5, 5.41) is 1.15. The van der Waals surface area contributed by atoms with Crippen LogP contribution in [-0.2, 0) is 6.42 Å². The average Bonchev–Trinajstić information content (AvgIpc) is 2.95. The number of rotatable bonds is 1. The summed E-state index contributed by atoms with van der Waals surface area (Å²) in [5.74, 6) is 0.842. The molecule has 2 aromatic carbocycles. The maximum atomic E-state index is 12.8. The summed E-state index contributed by atoms with van der Waals surface area (Å²) in [7, 11) is 0. The lowest BCUT2D eigenvalue weighted by Gasteiger charge is -2.17. The van der Waals surface area contributed by atoms with E-state index < -0.39 is 0 Å². The van der Waals surface area contributed by atoms with E-state index in [1.165, 1.54) is 5.56 Å². The smallest absolute Gasteiger partial charge is 0.259 e. The molecule has 1 aliphatic heterocycles. The summed E-state index contributed by atoms with van der Waals surface area (Å²) in [4.78, 5) is 19.3. The molecule has 0 atom stereocenters. The molecule has 0 fully saturated rings. The second-order valence-corrected chi connectivity index (χ2v) is 6.24. The van der Waals surface area contributed by atoms with Crippen LogP contribution >= 0.6 is 0 Å². The fourth-order valence-corrected chi connectivity index (χ4v) is 3.14. The molecule has 3 aromatic rings. The van der Waals surface area contributed by atoms with E-state index in [0.29, 0.717) is 12.1 Å². The summed E-state index contributed by atoms with van der Waals surface area (Å²) in [6, 6.07) is 16.1. The van der Waals surface area contributed by atoms with Gasteiger partial charge in [0.1, 0.15) is 5.82 Å². The Bertz CT molecular complexity index is 913. The molecule has 0 spiro atoms. The van der Waals surface area contributed by atoms with Gasteiger partial charge in [0.05, 0.1) is 5.52 Å². The van der Waals surface area contributed by atoms with Crippen LogP contribution in [0.4, 0.5) is 5.82 Å². The van der Waals surface area contributed by atoms with Crippen molar-refractivity contribution in [3.63, 3.8) is 0 Å². The van der Waals surface area contributed by atoms with Crippen molar-refractivity contribution in [2.75, 3.05) is 11.4 Å². The van der Waals surface area contributed by atoms with Crippen molar-refractivity contribution in [3.05, 3.63) is 70.8 Å². The lowest BCUT2D eigenvalue weighted by atomic mass is 10.1. The molecule has 0 bridgehead atoms. The molecule has 0 N–H and O–H groups in total. The predicted molar refractivity (Wildman–Crippen MR) is 93.0 cm³/mol. The third-order valence-corrected chi connectivity index (χ3v) is 4.43. The van der Waals surface area contributed by atoms with Crippen molar-refractivity contribution in [3.8, 4) is 0 Å². The van der Waals surface area contributed by atoms with E-state index in [1.807, 2.05) is 37.3 Å². The lowest BCUT2D eigenvalue weighted by molar-refractivity contribution is 0.0989. The molecule has 0 radical (unpaired) electrons. The van der Waals surface area contributed by atoms with Crippen LogP contribution in [0.15, 0.2) is 48.5 Å². The molecular formula is C20H18N2O. The van der Waals surface area contributed by atoms with E-state index in [4.69, 9.17) is 4.98 Å². The first-order chi connectivity index (χ1) is 11.1. The Hall–Kier alpha value is -2.68. The number of carbonyl (C=O) groups excluding carboxylic acids is 1. The standard InChI is InChI=1S/C20H18N2O/c1-13-3-6-15(7-4-13)20(23)22-10-9-16-12-17-11-14(2)5-8-18(17)21-19(16)22/h3-8,11-12H,9-10H2,1-2H3. The molecule has 0 saturated heterocycles. The Morgan fingerprint density at radius 1 is 1.00 bits per heavy atom. The van der Waals surface area contributed by atoms with Crippen molar-refractivity contribution in [2.45, 2.75) is 20.3 Å². The molecule has 1 amide bonds. The van der Waals surface area contributed by atoms with Gasteiger partial charge >= 0.3 is 0 Å². The lowest BCUT2D eigenvalue weighted by Crippen LogP contribution is -2.29. The minimum Gasteiger partial charge on any atom is -0.292 e. The Kier molecular flexibility index (Phi) is 3.15. The summed E-state index contributed by atoms with van der Waals surface area (Å²) in [6.45, 7) is 4.80. The molecule has 3 nitrogen and oxygen atoms in total. The highest BCUT2D eigenvalue weighted by atomic mass is 16.2. The van der Waals surface area contributed by atoms with Gasteiger partial charge in [-0.3, -0.25) is 9.69 Å². The highest BCUT2D eigenvalue weighted by Gasteiger charge is 2.27. The van der Waals surface area contributed by atoms with Gasteiger partial charge < -0.3 is 0 Å². The molecule has 4 rings (SSSR count). The van der Waals surface area contributed by atoms with Gasteiger partial charge in [0.25, 0.3) is 5.91 Å². The van der Waals surface area contributed by atoms with Gasteiger partial charge in [-0.25, -0.2) is 4.98 Å². The van der Waals surface area contributed by atoms with Crippen LogP contribution in [0, 0.1) is 13.8 Å². The molecule has 1 aromatic heterocycles. The van der Waals surface area contributed by atoms with Gasteiger partial charge in [-0.2, -0.15) is 0 Å². The number of hydrogen-bond donors (Lipinski definition) is 0. The van der Waals surface area contributed by atoms with Gasteiger partial charge in [0, 0.05) is 17.5 Å². The van der Waals surface area contributed by atoms with Crippen LogP contribution < -0.4 is 4.90 Å². The molecule has 0 unspecified atom stereocenters. The quantitative estimate of drug-likeness (QED) is 0.679. The Labute approximate surface area is 135 Å². The van der Waals surface area contributed by atoms with Gasteiger partial charge in [-0.05, 0) is 56.2 Å². The van der Waals surface area contributed by atoms with E-state index in [-0.39, 0.29) is 5.91 Å². The SMILES string of the molecule is Cc1ccc(C(=O)N2CCc3cc4cc(C)ccc4nc32)cc1. The first-order valence-corrected chi connectivity index (χ1v) is 7.91. The maximum absolute atomic E-state index is 12.8. The fourth-order valence-electron chi connectivity index (χ4n) is 3.14. The number of aromatic nitrogens is 1. The van der Waals surface area contributed by atoms with Crippen LogP contribution in [0.2, 0.25) is 0 Å². The number of aryl methyl sites for hydroxylation is 2. The third kappa shape index (κ3) is 2.38. The topological polar surface area (TPSA) is 33.2 Å². The first-order valence-electron chi connectivity index (χ1n) is 7.91. The zero-order valence-electron chi connectivity index (χ0n) is 13.3. The van der Waals surface area contributed by atoms with Crippen molar-refractivity contribution < 1.29 is 4.79 Å². The molecule has 1 aliphatic rings. The predicted octanol–water partition coefficient (Wildman–Crippen LogP) is 4.05. The molecule has 23 heavy (non-hydrogen) atoms. The van der Waals surface area contributed by atoms with Crippen LogP contribution in [0.25, 0.3) is 10.9 Å². The zero-order valence-corrected chi connectivity index (χ0v) is 13.3. The number of benzene rings is 2. The summed E-state index contributed by atoms with van der Waals surface area (Å²) in [5.41, 5.74) is 5.20. The third-order valence-electron chi connectivity index (χ3n) is 4.43. The Balaban J connectivity index is 1.76. The minimum atomic E-state index is 0.0303. The number of fused-ring (bicyclic) bond motifs is 2. The zero-order chi connectivity index (χ0) is 16.0. The van der Waals surface area contributed by atoms with Crippen molar-refractivity contribution in [2.24, 2.45) is 0 Å². The van der Waals surface area contributed by atoms with Crippen LogP contribution in [0.3, 0.4) is 0 Å². The monoisotopic (exact) mass is 302 g/mol. The molecular weight excluding hydrogens is 284 g/mol. The van der Waals surface area contributed by atoms with E-state index in [9.17, 15) is 4.79 Å². The highest BCUT2D eigenvalue weighted by molar-refractivity contribution is 6.07. The van der Waals surface area contributed by atoms with E-state index in [1.54, 1.807) is 4.90 Å². The molecule has 2 heterocycles. The normalized spacial score (nSPS) is 13.4. The average molecular weight is 302 g/mol. The van der Waals surface area contributed by atoms with Crippen molar-refractivity contribution in [1.29, 1.82) is 0 Å². The van der Waals surface area contributed by atoms with Crippen LogP contribution in [0.1, 0.15) is 27.0 Å². The summed E-state index contributed by atoms with van der Waals surface area (Å²) < 4.78 is 0. The molecule has 0 aliphatic carbocycles. The number of amides is 1. The number of hydrogen-bond acceptors (Lipinski definition) is 2. The molecule has 0 saturated carbocycles. The number of nitrogens with zero attached hydrogens (tertiary/aromatic N) is 2.